The average molecular weight is 411 g/mol. The molecule has 3 nitrogen and oxygen atoms in total. The number of nitrogens with zero attached hydrogens (tertiary/aromatic N) is 1. The summed E-state index contributed by atoms with van der Waals surface area (Å²) in [6, 6.07) is 27.9. The number of nitrogens with one attached hydrogen (secondary N) is 1. The van der Waals surface area contributed by atoms with Crippen molar-refractivity contribution < 1.29 is 4.79 Å². The van der Waals surface area contributed by atoms with Crippen molar-refractivity contribution >= 4 is 11.6 Å². The van der Waals surface area contributed by atoms with Crippen molar-refractivity contribution in [2.24, 2.45) is 0 Å². The highest BCUT2D eigenvalue weighted by Gasteiger charge is 2.33. The lowest BCUT2D eigenvalue weighted by atomic mass is 9.85. The molecule has 0 bridgehead atoms. The summed E-state index contributed by atoms with van der Waals surface area (Å²) in [6.45, 7) is 2.11. The second kappa shape index (κ2) is 8.97. The summed E-state index contributed by atoms with van der Waals surface area (Å²) in [5, 5.41) is 3.29. The zero-order valence-electron chi connectivity index (χ0n) is 18.0. The van der Waals surface area contributed by atoms with Gasteiger partial charge in [-0.1, -0.05) is 72.8 Å². The molecule has 158 valence electrons. The van der Waals surface area contributed by atoms with Gasteiger partial charge in [-0.2, -0.15) is 0 Å². The molecule has 0 spiro atoms. The Kier molecular flexibility index (Phi) is 5.75. The van der Waals surface area contributed by atoms with Crippen LogP contribution in [0.4, 0.5) is 5.69 Å². The lowest BCUT2D eigenvalue weighted by molar-refractivity contribution is 0.0955. The first-order valence-corrected chi connectivity index (χ1v) is 11.6. The van der Waals surface area contributed by atoms with Gasteiger partial charge in [0.15, 0.2) is 0 Å². The van der Waals surface area contributed by atoms with Crippen LogP contribution in [0.2, 0.25) is 0 Å². The van der Waals surface area contributed by atoms with E-state index in [9.17, 15) is 4.79 Å². The summed E-state index contributed by atoms with van der Waals surface area (Å²) < 4.78 is 0. The van der Waals surface area contributed by atoms with Gasteiger partial charge in [-0.25, -0.2) is 0 Å². The van der Waals surface area contributed by atoms with Gasteiger partial charge in [0.05, 0.1) is 11.6 Å². The van der Waals surface area contributed by atoms with Gasteiger partial charge in [0, 0.05) is 24.7 Å². The predicted octanol–water partition coefficient (Wildman–Crippen LogP) is 6.07. The molecule has 2 aliphatic heterocycles. The molecule has 3 heteroatoms. The highest BCUT2D eigenvalue weighted by Crippen LogP contribution is 2.38. The second-order valence-electron chi connectivity index (χ2n) is 8.77. The van der Waals surface area contributed by atoms with E-state index in [2.05, 4.69) is 89.1 Å². The summed E-state index contributed by atoms with van der Waals surface area (Å²) in [6.07, 6.45) is 5.64. The van der Waals surface area contributed by atoms with Crippen LogP contribution in [0.3, 0.4) is 0 Å². The van der Waals surface area contributed by atoms with Gasteiger partial charge in [0.1, 0.15) is 0 Å². The first-order valence-electron chi connectivity index (χ1n) is 11.6. The normalized spacial score (nSPS) is 18.2. The first kappa shape index (κ1) is 19.9. The molecule has 0 saturated carbocycles. The molecule has 1 atom stereocenters. The smallest absolute Gasteiger partial charge is 0.254 e. The molecule has 1 unspecified atom stereocenters. The van der Waals surface area contributed by atoms with Gasteiger partial charge in [0.25, 0.3) is 5.91 Å². The summed E-state index contributed by atoms with van der Waals surface area (Å²) in [4.78, 5) is 15.4. The lowest BCUT2D eigenvalue weighted by Crippen LogP contribution is -2.31. The Bertz CT molecular complexity index is 986. The molecule has 1 N–H and O–H groups in total. The maximum atomic E-state index is 13.0. The van der Waals surface area contributed by atoms with Crippen LogP contribution in [-0.4, -0.2) is 19.0 Å². The Labute approximate surface area is 185 Å². The van der Waals surface area contributed by atoms with E-state index in [4.69, 9.17) is 0 Å². The number of benzene rings is 3. The molecule has 1 fully saturated rings. The van der Waals surface area contributed by atoms with E-state index in [1.807, 2.05) is 0 Å². The minimum absolute atomic E-state index is 0.0853. The van der Waals surface area contributed by atoms with Crippen LogP contribution >= 0.6 is 0 Å². The Morgan fingerprint density at radius 2 is 1.45 bits per heavy atom. The Morgan fingerprint density at radius 1 is 0.806 bits per heavy atom. The highest BCUT2D eigenvalue weighted by atomic mass is 16.2. The molecule has 2 heterocycles. The highest BCUT2D eigenvalue weighted by molar-refractivity contribution is 6.04. The van der Waals surface area contributed by atoms with E-state index < -0.39 is 0 Å². The van der Waals surface area contributed by atoms with Crippen molar-refractivity contribution in [2.45, 2.75) is 44.1 Å². The van der Waals surface area contributed by atoms with E-state index in [1.54, 1.807) is 0 Å². The van der Waals surface area contributed by atoms with Crippen molar-refractivity contribution in [3.8, 4) is 0 Å². The van der Waals surface area contributed by atoms with Gasteiger partial charge in [0.2, 0.25) is 0 Å². The number of carbonyl (C=O) groups excluding carboxylic acids is 1. The third kappa shape index (κ3) is 4.10. The maximum Gasteiger partial charge on any atom is 0.254 e. The SMILES string of the molecule is O=C1NC(CCC(c2ccccc2)c2ccccc2)c2cccc(N3CCCCC3)c21. The maximum absolute atomic E-state index is 13.0. The van der Waals surface area contributed by atoms with Crippen LogP contribution < -0.4 is 10.2 Å². The molecule has 1 saturated heterocycles. The first-order chi connectivity index (χ1) is 15.3. The number of anilines is 1. The largest absolute Gasteiger partial charge is 0.371 e. The fourth-order valence-corrected chi connectivity index (χ4v) is 5.26. The van der Waals surface area contributed by atoms with E-state index in [0.29, 0.717) is 5.92 Å². The quantitative estimate of drug-likeness (QED) is 0.535. The minimum Gasteiger partial charge on any atom is -0.371 e. The standard InChI is InChI=1S/C28H30N2O/c31-28-27-24(15-10-16-26(27)30-19-8-3-9-20-30)25(29-28)18-17-23(21-11-4-1-5-12-21)22-13-6-2-7-14-22/h1-2,4-7,10-16,23,25H,3,8-9,17-20H2,(H,29,31). The molecule has 0 aliphatic carbocycles. The van der Waals surface area contributed by atoms with Gasteiger partial charge < -0.3 is 10.2 Å². The monoisotopic (exact) mass is 410 g/mol. The van der Waals surface area contributed by atoms with Crippen LogP contribution in [0.1, 0.15) is 71.1 Å². The van der Waals surface area contributed by atoms with Crippen molar-refractivity contribution in [2.75, 3.05) is 18.0 Å². The molecule has 3 aromatic rings. The minimum atomic E-state index is 0.0853. The topological polar surface area (TPSA) is 32.3 Å². The zero-order valence-corrected chi connectivity index (χ0v) is 18.0. The Morgan fingerprint density at radius 3 is 2.10 bits per heavy atom. The van der Waals surface area contributed by atoms with E-state index >= 15 is 0 Å². The lowest BCUT2D eigenvalue weighted by Gasteiger charge is -2.30. The van der Waals surface area contributed by atoms with Crippen molar-refractivity contribution in [1.82, 2.24) is 5.32 Å². The van der Waals surface area contributed by atoms with Crippen LogP contribution in [0, 0.1) is 0 Å². The molecular formula is C28H30N2O. The van der Waals surface area contributed by atoms with Crippen molar-refractivity contribution in [3.63, 3.8) is 0 Å². The summed E-state index contributed by atoms with van der Waals surface area (Å²) in [5.74, 6) is 0.422. The number of hydrogen-bond acceptors (Lipinski definition) is 2. The summed E-state index contributed by atoms with van der Waals surface area (Å²) in [7, 11) is 0. The average Bonchev–Trinajstić information content (AvgIpc) is 3.17. The zero-order chi connectivity index (χ0) is 21.0. The molecule has 0 aromatic heterocycles. The Hall–Kier alpha value is -3.07. The fraction of sp³-hybridized carbons (Fsp3) is 0.321. The number of hydrogen-bond donors (Lipinski definition) is 1. The third-order valence-electron chi connectivity index (χ3n) is 6.83. The van der Waals surface area contributed by atoms with Crippen LogP contribution in [-0.2, 0) is 0 Å². The van der Waals surface area contributed by atoms with Gasteiger partial charge in [-0.3, -0.25) is 4.79 Å². The molecular weight excluding hydrogens is 380 g/mol. The van der Waals surface area contributed by atoms with Crippen LogP contribution in [0.5, 0.6) is 0 Å². The fourth-order valence-electron chi connectivity index (χ4n) is 5.26. The number of piperidine rings is 1. The number of rotatable bonds is 6. The predicted molar refractivity (Wildman–Crippen MR) is 127 cm³/mol. The van der Waals surface area contributed by atoms with Gasteiger partial charge in [-0.15, -0.1) is 0 Å². The van der Waals surface area contributed by atoms with E-state index in [0.717, 1.165) is 37.2 Å². The van der Waals surface area contributed by atoms with Crippen molar-refractivity contribution in [1.29, 1.82) is 0 Å². The molecule has 2 aliphatic rings. The van der Waals surface area contributed by atoms with E-state index in [-0.39, 0.29) is 11.9 Å². The van der Waals surface area contributed by atoms with Gasteiger partial charge >= 0.3 is 0 Å². The molecule has 5 rings (SSSR count). The molecule has 3 aromatic carbocycles. The van der Waals surface area contributed by atoms with Crippen LogP contribution in [0.25, 0.3) is 0 Å². The van der Waals surface area contributed by atoms with Crippen molar-refractivity contribution in [3.05, 3.63) is 101 Å². The van der Waals surface area contributed by atoms with Gasteiger partial charge in [-0.05, 0) is 54.9 Å². The van der Waals surface area contributed by atoms with Crippen LogP contribution in [0.15, 0.2) is 78.9 Å². The third-order valence-corrected chi connectivity index (χ3v) is 6.83. The molecule has 1 amide bonds. The molecule has 0 radical (unpaired) electrons. The Balaban J connectivity index is 1.39. The molecule has 31 heavy (non-hydrogen) atoms. The number of amides is 1. The summed E-state index contributed by atoms with van der Waals surface area (Å²) >= 11 is 0. The summed E-state index contributed by atoms with van der Waals surface area (Å²) in [5.41, 5.74) is 5.87. The van der Waals surface area contributed by atoms with E-state index in [1.165, 1.54) is 36.0 Å². The second-order valence-corrected chi connectivity index (χ2v) is 8.77. The number of carbonyl (C=O) groups is 1. The number of fused-ring (bicyclic) bond motifs is 1.